The van der Waals surface area contributed by atoms with E-state index < -0.39 is 0 Å². The van der Waals surface area contributed by atoms with Crippen LogP contribution in [0.3, 0.4) is 0 Å². The molecule has 2 heterocycles. The van der Waals surface area contributed by atoms with Crippen molar-refractivity contribution in [1.82, 2.24) is 9.88 Å². The first-order chi connectivity index (χ1) is 13.0. The average Bonchev–Trinajstić information content (AvgIpc) is 2.71. The van der Waals surface area contributed by atoms with E-state index >= 15 is 0 Å². The minimum absolute atomic E-state index is 0.130. The summed E-state index contributed by atoms with van der Waals surface area (Å²) < 4.78 is 0. The summed E-state index contributed by atoms with van der Waals surface area (Å²) in [5.41, 5.74) is 2.43. The van der Waals surface area contributed by atoms with E-state index in [-0.39, 0.29) is 11.3 Å². The van der Waals surface area contributed by atoms with E-state index in [0.29, 0.717) is 40.3 Å². The Bertz CT molecular complexity index is 1050. The van der Waals surface area contributed by atoms with Gasteiger partial charge in [0.2, 0.25) is 0 Å². The van der Waals surface area contributed by atoms with Gasteiger partial charge >= 0.3 is 0 Å². The first-order valence-corrected chi connectivity index (χ1v) is 9.34. The summed E-state index contributed by atoms with van der Waals surface area (Å²) in [6, 6.07) is 15.3. The molecule has 1 aliphatic rings. The Hall–Kier alpha value is -2.79. The summed E-state index contributed by atoms with van der Waals surface area (Å²) in [6.07, 6.45) is 0. The van der Waals surface area contributed by atoms with Crippen LogP contribution in [-0.4, -0.2) is 42.0 Å². The van der Waals surface area contributed by atoms with Crippen molar-refractivity contribution in [2.75, 3.05) is 31.1 Å². The normalized spacial score (nSPS) is 14.6. The van der Waals surface area contributed by atoms with Gasteiger partial charge in [0.15, 0.2) is 5.43 Å². The zero-order valence-electron chi connectivity index (χ0n) is 15.0. The van der Waals surface area contributed by atoms with Crippen molar-refractivity contribution in [2.45, 2.75) is 6.92 Å². The third-order valence-electron chi connectivity index (χ3n) is 5.10. The molecule has 5 nitrogen and oxygen atoms in total. The number of carbonyl (C=O) groups excluding carboxylic acids is 1. The molecule has 0 bridgehead atoms. The van der Waals surface area contributed by atoms with Crippen molar-refractivity contribution in [3.05, 3.63) is 75.0 Å². The van der Waals surface area contributed by atoms with Gasteiger partial charge in [-0.2, -0.15) is 0 Å². The van der Waals surface area contributed by atoms with Crippen molar-refractivity contribution in [2.24, 2.45) is 0 Å². The standard InChI is InChI=1S/C21H20ClN3O2/c1-14-19(23-18-8-7-15(22)13-17(18)20(14)26)21(27)25-11-9-24(10-12-25)16-5-3-2-4-6-16/h2-8,13H,9-12H2,1H3,(H,23,26). The molecule has 3 aromatic rings. The average molecular weight is 382 g/mol. The number of nitrogens with zero attached hydrogens (tertiary/aromatic N) is 2. The quantitative estimate of drug-likeness (QED) is 0.739. The SMILES string of the molecule is Cc1c(C(=O)N2CCN(c3ccccc3)CC2)[nH]c2ccc(Cl)cc2c1=O. The Balaban J connectivity index is 1.58. The summed E-state index contributed by atoms with van der Waals surface area (Å²) >= 11 is 6.00. The van der Waals surface area contributed by atoms with Crippen molar-refractivity contribution in [1.29, 1.82) is 0 Å². The van der Waals surface area contributed by atoms with Crippen LogP contribution in [0.4, 0.5) is 5.69 Å². The maximum Gasteiger partial charge on any atom is 0.270 e. The van der Waals surface area contributed by atoms with Crippen LogP contribution in [-0.2, 0) is 0 Å². The van der Waals surface area contributed by atoms with Crippen LogP contribution in [0, 0.1) is 6.92 Å². The number of hydrogen-bond donors (Lipinski definition) is 1. The molecule has 1 N–H and O–H groups in total. The van der Waals surface area contributed by atoms with E-state index in [9.17, 15) is 9.59 Å². The van der Waals surface area contributed by atoms with E-state index in [1.54, 1.807) is 30.0 Å². The highest BCUT2D eigenvalue weighted by Gasteiger charge is 2.25. The number of benzene rings is 2. The number of hydrogen-bond acceptors (Lipinski definition) is 3. The molecule has 1 aromatic heterocycles. The second-order valence-corrected chi connectivity index (χ2v) is 7.20. The summed E-state index contributed by atoms with van der Waals surface area (Å²) in [6.45, 7) is 4.46. The van der Waals surface area contributed by atoms with Gasteiger partial charge in [0, 0.05) is 53.4 Å². The number of H-pyrrole nitrogens is 1. The van der Waals surface area contributed by atoms with Crippen LogP contribution in [0.2, 0.25) is 5.02 Å². The molecular formula is C21H20ClN3O2. The van der Waals surface area contributed by atoms with Gasteiger partial charge < -0.3 is 14.8 Å². The molecule has 27 heavy (non-hydrogen) atoms. The number of pyridine rings is 1. The van der Waals surface area contributed by atoms with Gasteiger partial charge in [-0.3, -0.25) is 9.59 Å². The Labute approximate surface area is 162 Å². The number of rotatable bonds is 2. The number of fused-ring (bicyclic) bond motifs is 1. The van der Waals surface area contributed by atoms with E-state index in [1.165, 1.54) is 0 Å². The molecule has 2 aromatic carbocycles. The highest BCUT2D eigenvalue weighted by Crippen LogP contribution is 2.19. The highest BCUT2D eigenvalue weighted by atomic mass is 35.5. The lowest BCUT2D eigenvalue weighted by Gasteiger charge is -2.36. The molecule has 1 saturated heterocycles. The van der Waals surface area contributed by atoms with Gasteiger partial charge in [0.25, 0.3) is 5.91 Å². The fraction of sp³-hybridized carbons (Fsp3) is 0.238. The molecule has 138 valence electrons. The molecule has 0 radical (unpaired) electrons. The van der Waals surface area contributed by atoms with Gasteiger partial charge in [-0.05, 0) is 37.3 Å². The lowest BCUT2D eigenvalue weighted by Crippen LogP contribution is -2.49. The second kappa shape index (κ2) is 7.08. The van der Waals surface area contributed by atoms with Gasteiger partial charge in [-0.1, -0.05) is 29.8 Å². The smallest absolute Gasteiger partial charge is 0.270 e. The van der Waals surface area contributed by atoms with Crippen LogP contribution in [0.15, 0.2) is 53.3 Å². The molecule has 0 atom stereocenters. The van der Waals surface area contributed by atoms with E-state index in [2.05, 4.69) is 22.0 Å². The molecular weight excluding hydrogens is 362 g/mol. The molecule has 1 aliphatic heterocycles. The number of carbonyl (C=O) groups is 1. The molecule has 0 aliphatic carbocycles. The van der Waals surface area contributed by atoms with Crippen LogP contribution in [0.1, 0.15) is 16.1 Å². The summed E-state index contributed by atoms with van der Waals surface area (Å²) in [5.74, 6) is -0.130. The number of anilines is 1. The number of aromatic nitrogens is 1. The van der Waals surface area contributed by atoms with Gasteiger partial charge in [-0.25, -0.2) is 0 Å². The van der Waals surface area contributed by atoms with Crippen molar-refractivity contribution >= 4 is 34.1 Å². The summed E-state index contributed by atoms with van der Waals surface area (Å²) in [7, 11) is 0. The summed E-state index contributed by atoms with van der Waals surface area (Å²) in [5, 5.41) is 1.01. The number of para-hydroxylation sites is 1. The predicted octanol–water partition coefficient (Wildman–Crippen LogP) is 3.45. The van der Waals surface area contributed by atoms with Gasteiger partial charge in [-0.15, -0.1) is 0 Å². The number of nitrogens with one attached hydrogen (secondary N) is 1. The van der Waals surface area contributed by atoms with Gasteiger partial charge in [0.1, 0.15) is 5.69 Å². The Kier molecular flexibility index (Phi) is 4.62. The van der Waals surface area contributed by atoms with Crippen molar-refractivity contribution < 1.29 is 4.79 Å². The van der Waals surface area contributed by atoms with Crippen molar-refractivity contribution in [3.63, 3.8) is 0 Å². The number of piperazine rings is 1. The molecule has 0 unspecified atom stereocenters. The first-order valence-electron chi connectivity index (χ1n) is 8.96. The molecule has 0 spiro atoms. The van der Waals surface area contributed by atoms with E-state index in [4.69, 9.17) is 11.6 Å². The fourth-order valence-electron chi connectivity index (χ4n) is 3.54. The summed E-state index contributed by atoms with van der Waals surface area (Å²) in [4.78, 5) is 32.9. The van der Waals surface area contributed by atoms with Crippen LogP contribution >= 0.6 is 11.6 Å². The van der Waals surface area contributed by atoms with Crippen molar-refractivity contribution in [3.8, 4) is 0 Å². The molecule has 6 heteroatoms. The molecule has 0 saturated carbocycles. The Morgan fingerprint density at radius 1 is 1.04 bits per heavy atom. The third-order valence-corrected chi connectivity index (χ3v) is 5.34. The molecule has 1 amide bonds. The van der Waals surface area contributed by atoms with Crippen LogP contribution < -0.4 is 10.3 Å². The zero-order chi connectivity index (χ0) is 19.0. The number of halogens is 1. The Morgan fingerprint density at radius 2 is 1.74 bits per heavy atom. The van der Waals surface area contributed by atoms with E-state index in [0.717, 1.165) is 18.8 Å². The zero-order valence-corrected chi connectivity index (χ0v) is 15.8. The predicted molar refractivity (Wildman–Crippen MR) is 109 cm³/mol. The lowest BCUT2D eigenvalue weighted by molar-refractivity contribution is 0.0740. The minimum atomic E-state index is -0.155. The Morgan fingerprint density at radius 3 is 2.44 bits per heavy atom. The molecule has 4 rings (SSSR count). The maximum absolute atomic E-state index is 13.0. The minimum Gasteiger partial charge on any atom is -0.368 e. The third kappa shape index (κ3) is 3.30. The molecule has 1 fully saturated rings. The maximum atomic E-state index is 13.0. The lowest BCUT2D eigenvalue weighted by atomic mass is 10.1. The van der Waals surface area contributed by atoms with Crippen LogP contribution in [0.25, 0.3) is 10.9 Å². The topological polar surface area (TPSA) is 56.4 Å². The largest absolute Gasteiger partial charge is 0.368 e. The monoisotopic (exact) mass is 381 g/mol. The number of amides is 1. The second-order valence-electron chi connectivity index (χ2n) is 6.76. The van der Waals surface area contributed by atoms with E-state index in [1.807, 2.05) is 18.2 Å². The first kappa shape index (κ1) is 17.6. The van der Waals surface area contributed by atoms with Gasteiger partial charge in [0.05, 0.1) is 0 Å². The number of aromatic amines is 1. The van der Waals surface area contributed by atoms with Crippen LogP contribution in [0.5, 0.6) is 0 Å². The fourth-order valence-corrected chi connectivity index (χ4v) is 3.71. The highest BCUT2D eigenvalue weighted by molar-refractivity contribution is 6.31.